The van der Waals surface area contributed by atoms with Gasteiger partial charge in [-0.2, -0.15) is 0 Å². The molecule has 2 rings (SSSR count). The van der Waals surface area contributed by atoms with Gasteiger partial charge in [-0.25, -0.2) is 4.39 Å². The maximum atomic E-state index is 12.8. The lowest BCUT2D eigenvalue weighted by Gasteiger charge is -2.04. The molecule has 0 amide bonds. The second-order valence-corrected chi connectivity index (χ2v) is 4.36. The molecule has 1 aliphatic carbocycles. The fourth-order valence-electron chi connectivity index (χ4n) is 1.82. The van der Waals surface area contributed by atoms with Crippen molar-refractivity contribution in [1.82, 2.24) is 0 Å². The third kappa shape index (κ3) is 2.65. The summed E-state index contributed by atoms with van der Waals surface area (Å²) in [6.45, 7) is 1.79. The zero-order chi connectivity index (χ0) is 10.8. The molecule has 80 valence electrons. The van der Waals surface area contributed by atoms with Crippen molar-refractivity contribution in [2.75, 3.05) is 0 Å². The molecule has 0 bridgehead atoms. The van der Waals surface area contributed by atoms with Gasteiger partial charge in [-0.15, -0.1) is 0 Å². The van der Waals surface area contributed by atoms with E-state index in [2.05, 4.69) is 0 Å². The Kier molecular flexibility index (Phi) is 2.85. The van der Waals surface area contributed by atoms with Gasteiger partial charge in [0.15, 0.2) is 5.78 Å². The van der Waals surface area contributed by atoms with Crippen molar-refractivity contribution < 1.29 is 9.18 Å². The smallest absolute Gasteiger partial charge is 0.163 e. The van der Waals surface area contributed by atoms with Crippen LogP contribution in [0.15, 0.2) is 18.2 Å². The van der Waals surface area contributed by atoms with Crippen molar-refractivity contribution in [3.63, 3.8) is 0 Å². The van der Waals surface area contributed by atoms with E-state index in [9.17, 15) is 9.18 Å². The Morgan fingerprint density at radius 2 is 2.20 bits per heavy atom. The second-order valence-electron chi connectivity index (χ2n) is 4.36. The van der Waals surface area contributed by atoms with Gasteiger partial charge in [0.1, 0.15) is 5.82 Å². The van der Waals surface area contributed by atoms with Crippen LogP contribution in [0.2, 0.25) is 0 Å². The number of aryl methyl sites for hydroxylation is 1. The molecule has 1 nitrogen and oxygen atoms in total. The van der Waals surface area contributed by atoms with Crippen LogP contribution in [0, 0.1) is 18.7 Å². The monoisotopic (exact) mass is 206 g/mol. The number of carbonyl (C=O) groups excluding carboxylic acids is 1. The minimum atomic E-state index is -0.272. The van der Waals surface area contributed by atoms with Crippen LogP contribution < -0.4 is 0 Å². The molecule has 1 aromatic carbocycles. The van der Waals surface area contributed by atoms with Crippen molar-refractivity contribution in [1.29, 1.82) is 0 Å². The normalized spacial score (nSPS) is 15.3. The lowest BCUT2D eigenvalue weighted by molar-refractivity contribution is 0.0977. The Bertz CT molecular complexity index is 380. The number of Topliss-reactive ketones (excluding diaryl/α,β-unsaturated/α-hetero) is 1. The highest BCUT2D eigenvalue weighted by Gasteiger charge is 2.22. The quantitative estimate of drug-likeness (QED) is 0.689. The van der Waals surface area contributed by atoms with E-state index in [-0.39, 0.29) is 11.6 Å². The largest absolute Gasteiger partial charge is 0.294 e. The van der Waals surface area contributed by atoms with Crippen LogP contribution in [0.25, 0.3) is 0 Å². The zero-order valence-corrected chi connectivity index (χ0v) is 8.92. The maximum absolute atomic E-state index is 12.8. The van der Waals surface area contributed by atoms with Crippen LogP contribution >= 0.6 is 0 Å². The van der Waals surface area contributed by atoms with Crippen molar-refractivity contribution in [3.8, 4) is 0 Å². The van der Waals surface area contributed by atoms with E-state index < -0.39 is 0 Å². The Hall–Kier alpha value is -1.18. The van der Waals surface area contributed by atoms with E-state index in [4.69, 9.17) is 0 Å². The molecule has 1 saturated carbocycles. The summed E-state index contributed by atoms with van der Waals surface area (Å²) in [7, 11) is 0. The molecule has 0 spiro atoms. The van der Waals surface area contributed by atoms with Gasteiger partial charge in [0.2, 0.25) is 0 Å². The van der Waals surface area contributed by atoms with Crippen LogP contribution in [0.3, 0.4) is 0 Å². The maximum Gasteiger partial charge on any atom is 0.163 e. The Morgan fingerprint density at radius 3 is 2.80 bits per heavy atom. The van der Waals surface area contributed by atoms with E-state index in [0.717, 1.165) is 17.9 Å². The molecule has 0 atom stereocenters. The second kappa shape index (κ2) is 4.13. The molecular formula is C13H15FO. The topological polar surface area (TPSA) is 17.1 Å². The summed E-state index contributed by atoms with van der Waals surface area (Å²) in [4.78, 5) is 11.8. The summed E-state index contributed by atoms with van der Waals surface area (Å²) in [6.07, 6.45) is 4.15. The van der Waals surface area contributed by atoms with Crippen LogP contribution in [0.5, 0.6) is 0 Å². The first-order chi connectivity index (χ1) is 7.16. The lowest BCUT2D eigenvalue weighted by atomic mass is 10.0. The van der Waals surface area contributed by atoms with Crippen molar-refractivity contribution >= 4 is 5.78 Å². The summed E-state index contributed by atoms with van der Waals surface area (Å²) in [5, 5.41) is 0. The van der Waals surface area contributed by atoms with Crippen molar-refractivity contribution in [2.24, 2.45) is 5.92 Å². The fourth-order valence-corrected chi connectivity index (χ4v) is 1.82. The minimum absolute atomic E-state index is 0.152. The van der Waals surface area contributed by atoms with Gasteiger partial charge in [0.25, 0.3) is 0 Å². The SMILES string of the molecule is Cc1cc(F)ccc1C(=O)CCC1CC1. The van der Waals surface area contributed by atoms with E-state index in [1.165, 1.54) is 25.0 Å². The molecular weight excluding hydrogens is 191 g/mol. The third-order valence-electron chi connectivity index (χ3n) is 2.97. The standard InChI is InChI=1S/C13H15FO/c1-9-8-11(14)5-6-12(9)13(15)7-4-10-2-3-10/h5-6,8,10H,2-4,7H2,1H3. The zero-order valence-electron chi connectivity index (χ0n) is 8.92. The average Bonchev–Trinajstić information content (AvgIpc) is 2.97. The van der Waals surface area contributed by atoms with Crippen molar-refractivity contribution in [3.05, 3.63) is 35.1 Å². The highest BCUT2D eigenvalue weighted by Crippen LogP contribution is 2.34. The minimum Gasteiger partial charge on any atom is -0.294 e. The highest BCUT2D eigenvalue weighted by molar-refractivity contribution is 5.97. The molecule has 0 N–H and O–H groups in total. The molecule has 0 unspecified atom stereocenters. The lowest BCUT2D eigenvalue weighted by Crippen LogP contribution is -2.02. The van der Waals surface area contributed by atoms with Crippen LogP contribution in [0.4, 0.5) is 4.39 Å². The average molecular weight is 206 g/mol. The molecule has 0 aromatic heterocycles. The molecule has 0 radical (unpaired) electrons. The predicted molar refractivity (Wildman–Crippen MR) is 57.4 cm³/mol. The number of carbonyl (C=O) groups is 1. The molecule has 0 heterocycles. The highest BCUT2D eigenvalue weighted by atomic mass is 19.1. The van der Waals surface area contributed by atoms with Gasteiger partial charge in [-0.05, 0) is 43.0 Å². The molecule has 1 aliphatic rings. The molecule has 1 fully saturated rings. The van der Waals surface area contributed by atoms with E-state index >= 15 is 0 Å². The summed E-state index contributed by atoms with van der Waals surface area (Å²) in [6, 6.07) is 4.38. The van der Waals surface area contributed by atoms with Gasteiger partial charge < -0.3 is 0 Å². The number of rotatable bonds is 4. The van der Waals surface area contributed by atoms with Gasteiger partial charge in [0, 0.05) is 12.0 Å². The first-order valence-corrected chi connectivity index (χ1v) is 5.46. The molecule has 0 saturated heterocycles. The Balaban J connectivity index is 2.03. The van der Waals surface area contributed by atoms with Gasteiger partial charge >= 0.3 is 0 Å². The van der Waals surface area contributed by atoms with Gasteiger partial charge in [0.05, 0.1) is 0 Å². The molecule has 1 aromatic rings. The first kappa shape index (κ1) is 10.3. The number of ketones is 1. The fraction of sp³-hybridized carbons (Fsp3) is 0.462. The molecule has 2 heteroatoms. The summed E-state index contributed by atoms with van der Waals surface area (Å²) in [5.41, 5.74) is 1.42. The van der Waals surface area contributed by atoms with Crippen LogP contribution in [-0.2, 0) is 0 Å². The number of hydrogen-bond acceptors (Lipinski definition) is 1. The van der Waals surface area contributed by atoms with Crippen molar-refractivity contribution in [2.45, 2.75) is 32.6 Å². The van der Waals surface area contributed by atoms with Gasteiger partial charge in [-0.3, -0.25) is 4.79 Å². The Labute approximate surface area is 89.3 Å². The molecule has 15 heavy (non-hydrogen) atoms. The number of benzene rings is 1. The summed E-state index contributed by atoms with van der Waals surface area (Å²) in [5.74, 6) is 0.653. The van der Waals surface area contributed by atoms with Crippen LogP contribution in [-0.4, -0.2) is 5.78 Å². The molecule has 0 aliphatic heterocycles. The van der Waals surface area contributed by atoms with E-state index in [1.54, 1.807) is 13.0 Å². The predicted octanol–water partition coefficient (Wildman–Crippen LogP) is 3.51. The number of hydrogen-bond donors (Lipinski definition) is 0. The van der Waals surface area contributed by atoms with Gasteiger partial charge in [-0.1, -0.05) is 12.8 Å². The van der Waals surface area contributed by atoms with Crippen LogP contribution in [0.1, 0.15) is 41.6 Å². The number of halogens is 1. The third-order valence-corrected chi connectivity index (χ3v) is 2.97. The first-order valence-electron chi connectivity index (χ1n) is 5.46. The van der Waals surface area contributed by atoms with E-state index in [1.807, 2.05) is 0 Å². The summed E-state index contributed by atoms with van der Waals surface area (Å²) < 4.78 is 12.8. The van der Waals surface area contributed by atoms with E-state index in [0.29, 0.717) is 12.0 Å². The Morgan fingerprint density at radius 1 is 1.47 bits per heavy atom. The summed E-state index contributed by atoms with van der Waals surface area (Å²) >= 11 is 0.